The van der Waals surface area contributed by atoms with E-state index in [2.05, 4.69) is 11.3 Å². The zero-order valence-electron chi connectivity index (χ0n) is 10.7. The van der Waals surface area contributed by atoms with Crippen molar-refractivity contribution in [2.45, 2.75) is 6.11 Å². The number of nitrogens with zero attached hydrogens (tertiary/aromatic N) is 2. The molecule has 0 radical (unpaired) electrons. The van der Waals surface area contributed by atoms with Gasteiger partial charge in [0, 0.05) is 26.2 Å². The van der Waals surface area contributed by atoms with Gasteiger partial charge in [0.2, 0.25) is 5.75 Å². The van der Waals surface area contributed by atoms with E-state index in [1.807, 2.05) is 0 Å². The van der Waals surface area contributed by atoms with Crippen molar-refractivity contribution >= 4 is 11.4 Å². The number of hydrogen-bond acceptors (Lipinski definition) is 5. The summed E-state index contributed by atoms with van der Waals surface area (Å²) in [5.74, 6) is -2.04. The van der Waals surface area contributed by atoms with Crippen molar-refractivity contribution < 1.29 is 22.8 Å². The normalized spacial score (nSPS) is 11.1. The first kappa shape index (κ1) is 15.6. The number of nitrogens with two attached hydrogens (primary N) is 1. The maximum absolute atomic E-state index is 13.7. The molecule has 0 saturated heterocycles. The number of alkyl halides is 2. The SMILES string of the molecule is C=C(N(C)C)C(F)(F)Oc1cc(F)c(N)cc1[N+](=O)[O-]. The third kappa shape index (κ3) is 3.11. The molecule has 0 aromatic heterocycles. The molecular formula is C11H12F3N3O3. The van der Waals surface area contributed by atoms with E-state index in [0.717, 1.165) is 4.90 Å². The molecular weight excluding hydrogens is 279 g/mol. The van der Waals surface area contributed by atoms with Crippen LogP contribution in [-0.2, 0) is 0 Å². The van der Waals surface area contributed by atoms with Crippen LogP contribution in [0, 0.1) is 15.9 Å². The first-order valence-corrected chi connectivity index (χ1v) is 5.23. The molecule has 9 heteroatoms. The Balaban J connectivity index is 3.24. The summed E-state index contributed by atoms with van der Waals surface area (Å²) in [6, 6.07) is 1.05. The predicted molar refractivity (Wildman–Crippen MR) is 65.9 cm³/mol. The van der Waals surface area contributed by atoms with E-state index in [1.165, 1.54) is 14.1 Å². The minimum Gasteiger partial charge on any atom is -0.420 e. The predicted octanol–water partition coefficient (Wildman–Crippen LogP) is 2.36. The zero-order valence-corrected chi connectivity index (χ0v) is 10.7. The van der Waals surface area contributed by atoms with Gasteiger partial charge < -0.3 is 15.4 Å². The van der Waals surface area contributed by atoms with Crippen LogP contribution >= 0.6 is 0 Å². The molecule has 1 aromatic carbocycles. The lowest BCUT2D eigenvalue weighted by Crippen LogP contribution is -2.34. The quantitative estimate of drug-likeness (QED) is 0.511. The molecule has 20 heavy (non-hydrogen) atoms. The minimum absolute atomic E-state index is 0.435. The van der Waals surface area contributed by atoms with Gasteiger partial charge in [-0.05, 0) is 0 Å². The maximum Gasteiger partial charge on any atom is 0.441 e. The van der Waals surface area contributed by atoms with E-state index in [-0.39, 0.29) is 0 Å². The van der Waals surface area contributed by atoms with Crippen molar-refractivity contribution in [3.8, 4) is 5.75 Å². The fourth-order valence-corrected chi connectivity index (χ4v) is 1.24. The number of anilines is 1. The second-order valence-corrected chi connectivity index (χ2v) is 4.06. The van der Waals surface area contributed by atoms with Gasteiger partial charge in [0.1, 0.15) is 11.5 Å². The van der Waals surface area contributed by atoms with Crippen molar-refractivity contribution in [1.82, 2.24) is 4.90 Å². The highest BCUT2D eigenvalue weighted by Gasteiger charge is 2.39. The number of nitro benzene ring substituents is 1. The molecule has 1 rings (SSSR count). The van der Waals surface area contributed by atoms with Crippen molar-refractivity contribution in [2.75, 3.05) is 19.8 Å². The van der Waals surface area contributed by atoms with E-state index in [9.17, 15) is 23.3 Å². The highest BCUT2D eigenvalue weighted by atomic mass is 19.3. The molecule has 0 heterocycles. The molecule has 0 saturated carbocycles. The van der Waals surface area contributed by atoms with Crippen molar-refractivity contribution in [3.63, 3.8) is 0 Å². The number of nitro groups is 1. The van der Waals surface area contributed by atoms with Gasteiger partial charge in [-0.2, -0.15) is 8.78 Å². The molecule has 6 nitrogen and oxygen atoms in total. The van der Waals surface area contributed by atoms with Crippen LogP contribution in [-0.4, -0.2) is 30.0 Å². The van der Waals surface area contributed by atoms with Crippen LogP contribution in [0.1, 0.15) is 0 Å². The lowest BCUT2D eigenvalue weighted by atomic mass is 10.2. The van der Waals surface area contributed by atoms with Gasteiger partial charge in [-0.15, -0.1) is 0 Å². The number of ether oxygens (including phenoxy) is 1. The molecule has 0 amide bonds. The minimum atomic E-state index is -3.93. The lowest BCUT2D eigenvalue weighted by Gasteiger charge is -2.24. The Hall–Kier alpha value is -2.45. The zero-order chi connectivity index (χ0) is 15.7. The molecule has 0 aliphatic carbocycles. The fourth-order valence-electron chi connectivity index (χ4n) is 1.24. The summed E-state index contributed by atoms with van der Waals surface area (Å²) in [4.78, 5) is 10.7. The van der Waals surface area contributed by atoms with Gasteiger partial charge in [-0.25, -0.2) is 4.39 Å². The standard InChI is InChI=1S/C11H12F3N3O3/c1-6(16(2)3)11(13,14)20-10-4-7(12)8(15)5-9(10)17(18)19/h4-5H,1,15H2,2-3H3. The fraction of sp³-hybridized carbons (Fsp3) is 0.273. The molecule has 110 valence electrons. The summed E-state index contributed by atoms with van der Waals surface area (Å²) in [5.41, 5.74) is 3.00. The smallest absolute Gasteiger partial charge is 0.420 e. The topological polar surface area (TPSA) is 81.6 Å². The van der Waals surface area contributed by atoms with Gasteiger partial charge in [-0.3, -0.25) is 10.1 Å². The summed E-state index contributed by atoms with van der Waals surface area (Å²) in [6.07, 6.45) is -3.93. The highest BCUT2D eigenvalue weighted by molar-refractivity contribution is 5.57. The molecule has 0 unspecified atom stereocenters. The summed E-state index contributed by atoms with van der Waals surface area (Å²) in [5, 5.41) is 10.7. The summed E-state index contributed by atoms with van der Waals surface area (Å²) in [7, 11) is 2.58. The highest BCUT2D eigenvalue weighted by Crippen LogP contribution is 2.36. The summed E-state index contributed by atoms with van der Waals surface area (Å²) < 4.78 is 44.9. The Kier molecular flexibility index (Phi) is 4.11. The van der Waals surface area contributed by atoms with Crippen LogP contribution in [0.5, 0.6) is 5.75 Å². The number of benzene rings is 1. The van der Waals surface area contributed by atoms with Gasteiger partial charge in [0.25, 0.3) is 0 Å². The second-order valence-electron chi connectivity index (χ2n) is 4.06. The van der Waals surface area contributed by atoms with Gasteiger partial charge in [-0.1, -0.05) is 6.58 Å². The van der Waals surface area contributed by atoms with E-state index < -0.39 is 39.7 Å². The average molecular weight is 291 g/mol. The number of halogens is 3. The number of nitrogen functional groups attached to an aromatic ring is 1. The van der Waals surface area contributed by atoms with E-state index in [1.54, 1.807) is 0 Å². The Labute approximate surface area is 112 Å². The van der Waals surface area contributed by atoms with Gasteiger partial charge in [0.15, 0.2) is 0 Å². The van der Waals surface area contributed by atoms with E-state index >= 15 is 0 Å². The Morgan fingerprint density at radius 3 is 2.50 bits per heavy atom. The molecule has 1 aromatic rings. The number of likely N-dealkylation sites (N-methyl/N-ethyl adjacent to an activating group) is 1. The largest absolute Gasteiger partial charge is 0.441 e. The van der Waals surface area contributed by atoms with Crippen molar-refractivity contribution in [1.29, 1.82) is 0 Å². The second kappa shape index (κ2) is 5.27. The van der Waals surface area contributed by atoms with E-state index in [0.29, 0.717) is 12.1 Å². The molecule has 0 spiro atoms. The first-order chi connectivity index (χ1) is 9.06. The van der Waals surface area contributed by atoms with Crippen LogP contribution in [0.2, 0.25) is 0 Å². The van der Waals surface area contributed by atoms with Crippen LogP contribution in [0.25, 0.3) is 0 Å². The summed E-state index contributed by atoms with van der Waals surface area (Å²) in [6.45, 7) is 3.10. The molecule has 0 atom stereocenters. The Morgan fingerprint density at radius 1 is 1.50 bits per heavy atom. The first-order valence-electron chi connectivity index (χ1n) is 5.23. The van der Waals surface area contributed by atoms with Crippen LogP contribution in [0.15, 0.2) is 24.4 Å². The third-order valence-electron chi connectivity index (χ3n) is 2.39. The number of hydrogen-bond donors (Lipinski definition) is 1. The van der Waals surface area contributed by atoms with Crippen molar-refractivity contribution in [3.05, 3.63) is 40.3 Å². The summed E-state index contributed by atoms with van der Waals surface area (Å²) >= 11 is 0. The molecule has 2 N–H and O–H groups in total. The lowest BCUT2D eigenvalue weighted by molar-refractivity contribution is -0.387. The molecule has 0 fully saturated rings. The monoisotopic (exact) mass is 291 g/mol. The van der Waals surface area contributed by atoms with Crippen LogP contribution in [0.4, 0.5) is 24.5 Å². The van der Waals surface area contributed by atoms with Gasteiger partial charge in [0.05, 0.1) is 10.6 Å². The molecule has 0 bridgehead atoms. The van der Waals surface area contributed by atoms with Crippen LogP contribution < -0.4 is 10.5 Å². The van der Waals surface area contributed by atoms with Gasteiger partial charge >= 0.3 is 11.8 Å². The Bertz CT molecular complexity index is 561. The van der Waals surface area contributed by atoms with Crippen LogP contribution in [0.3, 0.4) is 0 Å². The third-order valence-corrected chi connectivity index (χ3v) is 2.39. The molecule has 0 aliphatic heterocycles. The maximum atomic E-state index is 13.7. The van der Waals surface area contributed by atoms with Crippen molar-refractivity contribution in [2.24, 2.45) is 0 Å². The van der Waals surface area contributed by atoms with E-state index in [4.69, 9.17) is 5.73 Å². The molecule has 0 aliphatic rings. The average Bonchev–Trinajstić information content (AvgIpc) is 2.31. The number of rotatable bonds is 5. The Morgan fingerprint density at radius 2 is 2.05 bits per heavy atom.